The molecule has 96 valence electrons. The summed E-state index contributed by atoms with van der Waals surface area (Å²) in [5.74, 6) is 0.925. The van der Waals surface area contributed by atoms with Crippen molar-refractivity contribution in [3.05, 3.63) is 0 Å². The van der Waals surface area contributed by atoms with Crippen LogP contribution in [0.2, 0.25) is 0 Å². The van der Waals surface area contributed by atoms with Crippen molar-refractivity contribution in [3.8, 4) is 6.07 Å². The Bertz CT molecular complexity index is 302. The van der Waals surface area contributed by atoms with Gasteiger partial charge >= 0.3 is 0 Å². The van der Waals surface area contributed by atoms with Crippen LogP contribution < -0.4 is 0 Å². The Morgan fingerprint density at radius 2 is 2.06 bits per heavy atom. The van der Waals surface area contributed by atoms with Crippen LogP contribution in [0.3, 0.4) is 0 Å². The van der Waals surface area contributed by atoms with Gasteiger partial charge in [-0.25, -0.2) is 4.99 Å². The van der Waals surface area contributed by atoms with Crippen molar-refractivity contribution in [3.63, 3.8) is 0 Å². The second-order valence-corrected chi connectivity index (χ2v) is 5.52. The molecular weight excluding hydrogens is 212 g/mol. The van der Waals surface area contributed by atoms with Gasteiger partial charge < -0.3 is 4.74 Å². The Morgan fingerprint density at radius 3 is 2.71 bits per heavy atom. The number of ether oxygens (including phenoxy) is 1. The van der Waals surface area contributed by atoms with Crippen molar-refractivity contribution < 1.29 is 4.74 Å². The topological polar surface area (TPSA) is 45.4 Å². The summed E-state index contributed by atoms with van der Waals surface area (Å²) < 4.78 is 5.75. The summed E-state index contributed by atoms with van der Waals surface area (Å²) in [5.41, 5.74) is 0.0355. The Balaban J connectivity index is 2.23. The number of nitriles is 1. The summed E-state index contributed by atoms with van der Waals surface area (Å²) >= 11 is 0. The number of rotatable bonds is 6. The lowest BCUT2D eigenvalue weighted by molar-refractivity contribution is 0.139. The molecule has 1 atom stereocenters. The highest BCUT2D eigenvalue weighted by Crippen LogP contribution is 2.25. The van der Waals surface area contributed by atoms with Gasteiger partial charge in [0.2, 0.25) is 0 Å². The van der Waals surface area contributed by atoms with Crippen LogP contribution in [0.5, 0.6) is 0 Å². The first kappa shape index (κ1) is 14.0. The van der Waals surface area contributed by atoms with E-state index in [1.165, 1.54) is 6.42 Å². The third kappa shape index (κ3) is 5.72. The first-order valence-electron chi connectivity index (χ1n) is 6.66. The van der Waals surface area contributed by atoms with Crippen molar-refractivity contribution in [2.45, 2.75) is 77.4 Å². The van der Waals surface area contributed by atoms with Crippen molar-refractivity contribution in [1.82, 2.24) is 0 Å². The van der Waals surface area contributed by atoms with E-state index in [4.69, 9.17) is 10.00 Å². The fourth-order valence-electron chi connectivity index (χ4n) is 2.34. The van der Waals surface area contributed by atoms with Crippen LogP contribution in [0.4, 0.5) is 0 Å². The molecule has 0 aromatic carbocycles. The fraction of sp³-hybridized carbons (Fsp3) is 0.857. The van der Waals surface area contributed by atoms with Gasteiger partial charge in [0.1, 0.15) is 0 Å². The first-order valence-corrected chi connectivity index (χ1v) is 6.66. The zero-order chi connectivity index (χ0) is 12.7. The normalized spacial score (nSPS) is 22.5. The summed E-state index contributed by atoms with van der Waals surface area (Å²) in [6.45, 7) is 6.45. The maximum Gasteiger partial charge on any atom is 0.183 e. The molecule has 0 fully saturated rings. The molecule has 0 saturated heterocycles. The number of hydrogen-bond acceptors (Lipinski definition) is 3. The van der Waals surface area contributed by atoms with Crippen LogP contribution in [0, 0.1) is 11.3 Å². The fourth-order valence-corrected chi connectivity index (χ4v) is 2.34. The molecule has 3 nitrogen and oxygen atoms in total. The summed E-state index contributed by atoms with van der Waals surface area (Å²) in [4.78, 5) is 4.64. The van der Waals surface area contributed by atoms with Gasteiger partial charge in [0, 0.05) is 19.3 Å². The zero-order valence-electron chi connectivity index (χ0n) is 11.3. The van der Waals surface area contributed by atoms with Crippen molar-refractivity contribution in [2.24, 2.45) is 4.99 Å². The molecule has 17 heavy (non-hydrogen) atoms. The van der Waals surface area contributed by atoms with E-state index < -0.39 is 0 Å². The molecule has 0 aromatic rings. The average Bonchev–Trinajstić information content (AvgIpc) is 2.20. The lowest BCUT2D eigenvalue weighted by atomic mass is 9.96. The largest absolute Gasteiger partial charge is 0.478 e. The SMILES string of the molecule is CC1CC(C)(C)N=C(CCCCCCC#N)O1. The van der Waals surface area contributed by atoms with E-state index in [9.17, 15) is 0 Å². The van der Waals surface area contributed by atoms with E-state index in [0.29, 0.717) is 6.42 Å². The van der Waals surface area contributed by atoms with E-state index in [2.05, 4.69) is 31.8 Å². The maximum absolute atomic E-state index is 8.42. The second kappa shape index (κ2) is 6.64. The molecule has 0 aromatic heterocycles. The van der Waals surface area contributed by atoms with Crippen LogP contribution in [-0.2, 0) is 4.74 Å². The van der Waals surface area contributed by atoms with Crippen molar-refractivity contribution >= 4 is 5.90 Å². The third-order valence-electron chi connectivity index (χ3n) is 2.98. The van der Waals surface area contributed by atoms with Crippen LogP contribution >= 0.6 is 0 Å². The molecule has 0 saturated carbocycles. The van der Waals surface area contributed by atoms with Gasteiger partial charge in [0.05, 0.1) is 17.7 Å². The predicted molar refractivity (Wildman–Crippen MR) is 70.0 cm³/mol. The highest BCUT2D eigenvalue weighted by atomic mass is 16.5. The van der Waals surface area contributed by atoms with Gasteiger partial charge in [0.25, 0.3) is 0 Å². The molecule has 1 aliphatic rings. The van der Waals surface area contributed by atoms with Gasteiger partial charge in [-0.1, -0.05) is 12.8 Å². The molecule has 1 unspecified atom stereocenters. The molecule has 0 aliphatic carbocycles. The summed E-state index contributed by atoms with van der Waals surface area (Å²) in [5, 5.41) is 8.42. The number of aliphatic imine (C=N–C) groups is 1. The summed E-state index contributed by atoms with van der Waals surface area (Å²) in [7, 11) is 0. The predicted octanol–water partition coefficient (Wildman–Crippen LogP) is 3.84. The number of nitrogens with zero attached hydrogens (tertiary/aromatic N) is 2. The number of hydrogen-bond donors (Lipinski definition) is 0. The quantitative estimate of drug-likeness (QED) is 0.658. The van der Waals surface area contributed by atoms with Gasteiger partial charge in [0.15, 0.2) is 5.90 Å². The lowest BCUT2D eigenvalue weighted by Gasteiger charge is -2.31. The first-order chi connectivity index (χ1) is 8.03. The monoisotopic (exact) mass is 236 g/mol. The highest BCUT2D eigenvalue weighted by Gasteiger charge is 2.27. The van der Waals surface area contributed by atoms with Crippen LogP contribution in [0.1, 0.15) is 65.7 Å². The van der Waals surface area contributed by atoms with Gasteiger partial charge in [-0.2, -0.15) is 5.26 Å². The molecule has 0 radical (unpaired) electrons. The maximum atomic E-state index is 8.42. The van der Waals surface area contributed by atoms with Crippen LogP contribution in [-0.4, -0.2) is 17.5 Å². The van der Waals surface area contributed by atoms with Gasteiger partial charge in [-0.15, -0.1) is 0 Å². The smallest absolute Gasteiger partial charge is 0.183 e. The van der Waals surface area contributed by atoms with Crippen molar-refractivity contribution in [1.29, 1.82) is 5.26 Å². The molecule has 1 heterocycles. The zero-order valence-corrected chi connectivity index (χ0v) is 11.3. The molecular formula is C14H24N2O. The minimum atomic E-state index is 0.0355. The standard InChI is InChI=1S/C14H24N2O/c1-12-11-14(2,3)16-13(17-12)9-7-5-4-6-8-10-15/h12H,4-9,11H2,1-3H3. The Morgan fingerprint density at radius 1 is 1.35 bits per heavy atom. The molecule has 0 N–H and O–H groups in total. The molecule has 1 aliphatic heterocycles. The second-order valence-electron chi connectivity index (χ2n) is 5.52. The third-order valence-corrected chi connectivity index (χ3v) is 2.98. The highest BCUT2D eigenvalue weighted by molar-refractivity contribution is 5.77. The molecule has 0 spiro atoms. The van der Waals surface area contributed by atoms with Crippen LogP contribution in [0.15, 0.2) is 4.99 Å². The summed E-state index contributed by atoms with van der Waals surface area (Å²) in [6, 6.07) is 2.18. The minimum Gasteiger partial charge on any atom is -0.478 e. The van der Waals surface area contributed by atoms with E-state index >= 15 is 0 Å². The van der Waals surface area contributed by atoms with E-state index in [-0.39, 0.29) is 11.6 Å². The number of unbranched alkanes of at least 4 members (excludes halogenated alkanes) is 4. The Labute approximate surface area is 105 Å². The lowest BCUT2D eigenvalue weighted by Crippen LogP contribution is -2.33. The van der Waals surface area contributed by atoms with E-state index in [1.807, 2.05) is 0 Å². The van der Waals surface area contributed by atoms with Gasteiger partial charge in [-0.3, -0.25) is 0 Å². The molecule has 3 heteroatoms. The summed E-state index contributed by atoms with van der Waals surface area (Å²) in [6.07, 6.45) is 7.36. The molecule has 0 bridgehead atoms. The molecule has 1 rings (SSSR count). The van der Waals surface area contributed by atoms with Gasteiger partial charge in [-0.05, 0) is 33.6 Å². The Hall–Kier alpha value is -1.04. The minimum absolute atomic E-state index is 0.0355. The van der Waals surface area contributed by atoms with Crippen molar-refractivity contribution in [2.75, 3.05) is 0 Å². The molecule has 0 amide bonds. The van der Waals surface area contributed by atoms with E-state index in [0.717, 1.165) is 38.0 Å². The Kier molecular flexibility index (Phi) is 5.47. The van der Waals surface area contributed by atoms with Crippen LogP contribution in [0.25, 0.3) is 0 Å². The van der Waals surface area contributed by atoms with E-state index in [1.54, 1.807) is 0 Å². The average molecular weight is 236 g/mol.